The first-order valence-electron chi connectivity index (χ1n) is 6.38. The summed E-state index contributed by atoms with van der Waals surface area (Å²) in [4.78, 5) is 33.8. The Morgan fingerprint density at radius 3 is 2.48 bits per heavy atom. The number of nitrogens with two attached hydrogens (primary N) is 1. The highest BCUT2D eigenvalue weighted by Gasteiger charge is 2.23. The SMILES string of the molecule is CC(C)(N)CNC(=O)CNC(=O)c1c(Cl)cccc1[N+](=O)[O-].Cl. The van der Waals surface area contributed by atoms with Gasteiger partial charge in [-0.15, -0.1) is 12.4 Å². The first-order valence-corrected chi connectivity index (χ1v) is 6.76. The van der Waals surface area contributed by atoms with E-state index >= 15 is 0 Å². The fourth-order valence-corrected chi connectivity index (χ4v) is 1.78. The van der Waals surface area contributed by atoms with Crippen molar-refractivity contribution in [2.75, 3.05) is 13.1 Å². The van der Waals surface area contributed by atoms with Gasteiger partial charge in [0.1, 0.15) is 5.56 Å². The Bertz CT molecular complexity index is 602. The van der Waals surface area contributed by atoms with E-state index in [0.717, 1.165) is 6.07 Å². The molecule has 128 valence electrons. The lowest BCUT2D eigenvalue weighted by atomic mass is 10.1. The van der Waals surface area contributed by atoms with Gasteiger partial charge in [-0.1, -0.05) is 17.7 Å². The molecule has 8 nitrogen and oxygen atoms in total. The highest BCUT2D eigenvalue weighted by atomic mass is 35.5. The van der Waals surface area contributed by atoms with Crippen molar-refractivity contribution in [3.63, 3.8) is 0 Å². The molecule has 0 aliphatic heterocycles. The lowest BCUT2D eigenvalue weighted by molar-refractivity contribution is -0.385. The number of nitrogens with one attached hydrogen (secondary N) is 2. The van der Waals surface area contributed by atoms with E-state index in [1.54, 1.807) is 13.8 Å². The highest BCUT2D eigenvalue weighted by molar-refractivity contribution is 6.34. The van der Waals surface area contributed by atoms with Gasteiger partial charge in [0, 0.05) is 18.2 Å². The van der Waals surface area contributed by atoms with Gasteiger partial charge in [0.15, 0.2) is 0 Å². The number of benzene rings is 1. The molecule has 0 radical (unpaired) electrons. The number of nitro benzene ring substituents is 1. The Morgan fingerprint density at radius 1 is 1.35 bits per heavy atom. The summed E-state index contributed by atoms with van der Waals surface area (Å²) in [6.07, 6.45) is 0. The smallest absolute Gasteiger partial charge is 0.283 e. The standard InChI is InChI=1S/C13H17ClN4O4.ClH/c1-13(2,15)7-17-10(19)6-16-12(20)11-8(14)4-3-5-9(11)18(21)22;/h3-5H,6-7,15H2,1-2H3,(H,16,20)(H,17,19);1H. The van der Waals surface area contributed by atoms with Crippen LogP contribution < -0.4 is 16.4 Å². The van der Waals surface area contributed by atoms with Crippen molar-refractivity contribution in [3.8, 4) is 0 Å². The van der Waals surface area contributed by atoms with E-state index in [4.69, 9.17) is 17.3 Å². The van der Waals surface area contributed by atoms with Crippen LogP contribution in [0.15, 0.2) is 18.2 Å². The van der Waals surface area contributed by atoms with E-state index in [1.165, 1.54) is 12.1 Å². The summed E-state index contributed by atoms with van der Waals surface area (Å²) in [5.74, 6) is -1.25. The number of nitrogens with zero attached hydrogens (tertiary/aromatic N) is 1. The number of carbonyl (C=O) groups is 2. The Balaban J connectivity index is 0.00000484. The summed E-state index contributed by atoms with van der Waals surface area (Å²) >= 11 is 5.82. The molecule has 0 aliphatic rings. The fraction of sp³-hybridized carbons (Fsp3) is 0.385. The lowest BCUT2D eigenvalue weighted by Crippen LogP contribution is -2.47. The normalized spacial score (nSPS) is 10.4. The van der Waals surface area contributed by atoms with Crippen LogP contribution in [0.5, 0.6) is 0 Å². The molecule has 0 fully saturated rings. The number of carbonyl (C=O) groups excluding carboxylic acids is 2. The van der Waals surface area contributed by atoms with Gasteiger partial charge >= 0.3 is 0 Å². The van der Waals surface area contributed by atoms with Gasteiger partial charge in [0.25, 0.3) is 11.6 Å². The molecule has 1 rings (SSSR count). The summed E-state index contributed by atoms with van der Waals surface area (Å²) in [6.45, 7) is 3.36. The summed E-state index contributed by atoms with van der Waals surface area (Å²) in [5.41, 5.74) is 4.43. The number of nitro groups is 1. The van der Waals surface area contributed by atoms with Crippen molar-refractivity contribution in [1.29, 1.82) is 0 Å². The number of hydrogen-bond acceptors (Lipinski definition) is 5. The summed E-state index contributed by atoms with van der Waals surface area (Å²) < 4.78 is 0. The molecule has 0 heterocycles. The minimum atomic E-state index is -0.792. The molecule has 0 bridgehead atoms. The van der Waals surface area contributed by atoms with Crippen LogP contribution in [0, 0.1) is 10.1 Å². The maximum absolute atomic E-state index is 12.0. The zero-order valence-corrected chi connectivity index (χ0v) is 14.2. The van der Waals surface area contributed by atoms with Gasteiger partial charge in [0.2, 0.25) is 5.91 Å². The van der Waals surface area contributed by atoms with Gasteiger partial charge in [0.05, 0.1) is 16.5 Å². The second-order valence-corrected chi connectivity index (χ2v) is 5.75. The molecule has 0 aromatic heterocycles. The molecule has 4 N–H and O–H groups in total. The second kappa shape index (κ2) is 8.66. The van der Waals surface area contributed by atoms with Crippen LogP contribution in [0.3, 0.4) is 0 Å². The second-order valence-electron chi connectivity index (χ2n) is 5.34. The Labute approximate surface area is 144 Å². The van der Waals surface area contributed by atoms with E-state index in [1.807, 2.05) is 0 Å². The quantitative estimate of drug-likeness (QED) is 0.516. The predicted octanol–water partition coefficient (Wildman–Crippen LogP) is 1.25. The third-order valence-electron chi connectivity index (χ3n) is 2.57. The number of halogens is 2. The van der Waals surface area contributed by atoms with Gasteiger partial charge < -0.3 is 16.4 Å². The minimum absolute atomic E-state index is 0. The van der Waals surface area contributed by atoms with Crippen LogP contribution >= 0.6 is 24.0 Å². The lowest BCUT2D eigenvalue weighted by Gasteiger charge is -2.18. The third-order valence-corrected chi connectivity index (χ3v) is 2.88. The molecule has 2 amide bonds. The number of amides is 2. The Morgan fingerprint density at radius 2 is 1.96 bits per heavy atom. The molecular formula is C13H18Cl2N4O4. The largest absolute Gasteiger partial charge is 0.353 e. The summed E-state index contributed by atoms with van der Waals surface area (Å²) in [5, 5.41) is 15.7. The molecule has 0 unspecified atom stereocenters. The van der Waals surface area contributed by atoms with E-state index in [9.17, 15) is 19.7 Å². The van der Waals surface area contributed by atoms with Crippen LogP contribution in [-0.2, 0) is 4.79 Å². The van der Waals surface area contributed by atoms with Crippen LogP contribution in [0.4, 0.5) is 5.69 Å². The molecule has 0 spiro atoms. The molecular weight excluding hydrogens is 347 g/mol. The molecule has 10 heteroatoms. The van der Waals surface area contributed by atoms with E-state index in [-0.39, 0.29) is 36.1 Å². The van der Waals surface area contributed by atoms with Crippen LogP contribution in [0.2, 0.25) is 5.02 Å². The van der Waals surface area contributed by atoms with Crippen molar-refractivity contribution < 1.29 is 14.5 Å². The van der Waals surface area contributed by atoms with Crippen LogP contribution in [0.1, 0.15) is 24.2 Å². The number of rotatable bonds is 6. The minimum Gasteiger partial charge on any atom is -0.353 e. The van der Waals surface area contributed by atoms with Crippen molar-refractivity contribution in [3.05, 3.63) is 38.9 Å². The van der Waals surface area contributed by atoms with Crippen molar-refractivity contribution in [1.82, 2.24) is 10.6 Å². The Kier molecular flexibility index (Phi) is 7.94. The number of hydrogen-bond donors (Lipinski definition) is 3. The first-order chi connectivity index (χ1) is 10.1. The molecule has 23 heavy (non-hydrogen) atoms. The third kappa shape index (κ3) is 6.81. The van der Waals surface area contributed by atoms with Gasteiger partial charge in [-0.2, -0.15) is 0 Å². The maximum Gasteiger partial charge on any atom is 0.283 e. The van der Waals surface area contributed by atoms with Crippen molar-refractivity contribution >= 4 is 41.5 Å². The van der Waals surface area contributed by atoms with Crippen LogP contribution in [0.25, 0.3) is 0 Å². The van der Waals surface area contributed by atoms with E-state index in [0.29, 0.717) is 0 Å². The fourth-order valence-electron chi connectivity index (χ4n) is 1.53. The van der Waals surface area contributed by atoms with Gasteiger partial charge in [-0.05, 0) is 19.9 Å². The molecule has 1 aromatic carbocycles. The molecule has 0 saturated carbocycles. The van der Waals surface area contributed by atoms with Gasteiger partial charge in [-0.25, -0.2) is 0 Å². The first kappa shape index (κ1) is 21.1. The monoisotopic (exact) mass is 364 g/mol. The molecule has 1 aromatic rings. The zero-order chi connectivity index (χ0) is 16.9. The zero-order valence-electron chi connectivity index (χ0n) is 12.6. The average molecular weight is 365 g/mol. The van der Waals surface area contributed by atoms with Gasteiger partial charge in [-0.3, -0.25) is 19.7 Å². The highest BCUT2D eigenvalue weighted by Crippen LogP contribution is 2.25. The van der Waals surface area contributed by atoms with Crippen molar-refractivity contribution in [2.45, 2.75) is 19.4 Å². The molecule has 0 atom stereocenters. The predicted molar refractivity (Wildman–Crippen MR) is 89.0 cm³/mol. The topological polar surface area (TPSA) is 127 Å². The van der Waals surface area contributed by atoms with Crippen LogP contribution in [-0.4, -0.2) is 35.4 Å². The van der Waals surface area contributed by atoms with E-state index in [2.05, 4.69) is 10.6 Å². The molecule has 0 saturated heterocycles. The van der Waals surface area contributed by atoms with Crippen molar-refractivity contribution in [2.24, 2.45) is 5.73 Å². The maximum atomic E-state index is 12.0. The van der Waals surface area contributed by atoms with E-state index < -0.39 is 28.0 Å². The summed E-state index contributed by atoms with van der Waals surface area (Å²) in [6, 6.07) is 3.89. The molecule has 0 aliphatic carbocycles. The summed E-state index contributed by atoms with van der Waals surface area (Å²) in [7, 11) is 0. The Hall–Kier alpha value is -1.90. The average Bonchev–Trinajstić information content (AvgIpc) is 2.41.